The van der Waals surface area contributed by atoms with Crippen LogP contribution in [0.1, 0.15) is 32.4 Å². The Morgan fingerprint density at radius 1 is 1.39 bits per heavy atom. The first-order valence-electron chi connectivity index (χ1n) is 5.72. The van der Waals surface area contributed by atoms with E-state index in [-0.39, 0.29) is 12.3 Å². The molecular weight excluding hydrogens is 234 g/mol. The van der Waals surface area contributed by atoms with Crippen LogP contribution in [0, 0.1) is 0 Å². The lowest BCUT2D eigenvalue weighted by molar-refractivity contribution is 0.0490. The maximum atomic E-state index is 11.4. The van der Waals surface area contributed by atoms with Crippen LogP contribution in [0.5, 0.6) is 5.75 Å². The molecule has 1 unspecified atom stereocenters. The summed E-state index contributed by atoms with van der Waals surface area (Å²) in [5.41, 5.74) is -0.210. The molecule has 0 aliphatic heterocycles. The van der Waals surface area contributed by atoms with Gasteiger partial charge in [-0.15, -0.1) is 0 Å². The lowest BCUT2D eigenvalue weighted by Crippen LogP contribution is -2.34. The summed E-state index contributed by atoms with van der Waals surface area (Å²) in [6.45, 7) is 5.25. The molecule has 0 heterocycles. The molecule has 18 heavy (non-hydrogen) atoms. The number of hydrogen-bond acceptors (Lipinski definition) is 4. The Bertz CT molecular complexity index is 412. The van der Waals surface area contributed by atoms with E-state index in [4.69, 9.17) is 4.74 Å². The fourth-order valence-electron chi connectivity index (χ4n) is 1.37. The van der Waals surface area contributed by atoms with Crippen LogP contribution < -0.4 is 5.32 Å². The molecule has 1 aromatic carbocycles. The van der Waals surface area contributed by atoms with Gasteiger partial charge < -0.3 is 20.3 Å². The smallest absolute Gasteiger partial charge is 0.407 e. The number of phenolic OH excluding ortho intramolecular Hbond substituents is 1. The second-order valence-electron chi connectivity index (χ2n) is 4.96. The van der Waals surface area contributed by atoms with Gasteiger partial charge in [-0.1, -0.05) is 18.2 Å². The van der Waals surface area contributed by atoms with Crippen molar-refractivity contribution in [2.45, 2.75) is 32.5 Å². The third-order valence-corrected chi connectivity index (χ3v) is 2.13. The highest BCUT2D eigenvalue weighted by Gasteiger charge is 2.18. The molecule has 1 amide bonds. The van der Waals surface area contributed by atoms with E-state index in [1.54, 1.807) is 39.0 Å². The number of nitrogens with one attached hydrogen (secondary N) is 1. The zero-order valence-corrected chi connectivity index (χ0v) is 10.8. The first kappa shape index (κ1) is 14.3. The quantitative estimate of drug-likeness (QED) is 0.769. The van der Waals surface area contributed by atoms with Crippen LogP contribution in [0.25, 0.3) is 0 Å². The number of aliphatic hydroxyl groups is 1. The minimum absolute atomic E-state index is 0.00371. The van der Waals surface area contributed by atoms with Gasteiger partial charge in [-0.3, -0.25) is 0 Å². The van der Waals surface area contributed by atoms with Gasteiger partial charge in [0.2, 0.25) is 0 Å². The molecule has 1 atom stereocenters. The highest BCUT2D eigenvalue weighted by Crippen LogP contribution is 2.22. The van der Waals surface area contributed by atoms with Crippen LogP contribution in [-0.4, -0.2) is 28.5 Å². The third-order valence-electron chi connectivity index (χ3n) is 2.13. The maximum absolute atomic E-state index is 11.4. The number of amides is 1. The Kier molecular flexibility index (Phi) is 4.55. The fourth-order valence-corrected chi connectivity index (χ4v) is 1.37. The van der Waals surface area contributed by atoms with E-state index >= 15 is 0 Å². The van der Waals surface area contributed by atoms with E-state index in [0.717, 1.165) is 0 Å². The second-order valence-corrected chi connectivity index (χ2v) is 4.96. The third kappa shape index (κ3) is 4.63. The van der Waals surface area contributed by atoms with Gasteiger partial charge in [0.05, 0.1) is 12.6 Å². The molecule has 3 N–H and O–H groups in total. The number of benzene rings is 1. The van der Waals surface area contributed by atoms with E-state index in [1.807, 2.05) is 0 Å². The number of rotatable bonds is 3. The van der Waals surface area contributed by atoms with Crippen molar-refractivity contribution in [1.29, 1.82) is 0 Å². The summed E-state index contributed by atoms with van der Waals surface area (Å²) in [7, 11) is 0. The Hall–Kier alpha value is -1.75. The number of ether oxygens (including phenoxy) is 1. The van der Waals surface area contributed by atoms with Gasteiger partial charge in [-0.25, -0.2) is 4.79 Å². The van der Waals surface area contributed by atoms with E-state index in [9.17, 15) is 15.0 Å². The SMILES string of the molecule is CC(C)(C)OC(=O)NCC(O)c1ccccc1O. The summed E-state index contributed by atoms with van der Waals surface area (Å²) in [5.74, 6) is -0.00371. The van der Waals surface area contributed by atoms with Crippen LogP contribution in [0.4, 0.5) is 4.79 Å². The number of aliphatic hydroxyl groups excluding tert-OH is 1. The first-order valence-corrected chi connectivity index (χ1v) is 5.72. The number of alkyl carbamates (subject to hydrolysis) is 1. The largest absolute Gasteiger partial charge is 0.508 e. The van der Waals surface area contributed by atoms with Gasteiger partial charge in [0, 0.05) is 5.56 Å². The number of aromatic hydroxyl groups is 1. The average Bonchev–Trinajstić information content (AvgIpc) is 2.24. The van der Waals surface area contributed by atoms with Gasteiger partial charge in [-0.05, 0) is 26.8 Å². The van der Waals surface area contributed by atoms with Crippen LogP contribution in [0.3, 0.4) is 0 Å². The van der Waals surface area contributed by atoms with Crippen molar-refractivity contribution in [2.75, 3.05) is 6.54 Å². The highest BCUT2D eigenvalue weighted by molar-refractivity contribution is 5.67. The zero-order chi connectivity index (χ0) is 13.8. The van der Waals surface area contributed by atoms with Gasteiger partial charge >= 0.3 is 6.09 Å². The predicted octanol–water partition coefficient (Wildman–Crippen LogP) is 1.95. The normalized spacial score (nSPS) is 12.9. The molecule has 0 fully saturated rings. The monoisotopic (exact) mass is 253 g/mol. The number of phenols is 1. The van der Waals surface area contributed by atoms with E-state index in [1.165, 1.54) is 6.07 Å². The van der Waals surface area contributed by atoms with Crippen molar-refractivity contribution in [2.24, 2.45) is 0 Å². The van der Waals surface area contributed by atoms with Crippen LogP contribution in [0.15, 0.2) is 24.3 Å². The van der Waals surface area contributed by atoms with Gasteiger partial charge in [-0.2, -0.15) is 0 Å². The topological polar surface area (TPSA) is 78.8 Å². The van der Waals surface area contributed by atoms with Crippen molar-refractivity contribution >= 4 is 6.09 Å². The van der Waals surface area contributed by atoms with E-state index in [0.29, 0.717) is 5.56 Å². The molecule has 0 radical (unpaired) electrons. The molecule has 0 aliphatic rings. The lowest BCUT2D eigenvalue weighted by Gasteiger charge is -2.20. The lowest BCUT2D eigenvalue weighted by atomic mass is 10.1. The summed E-state index contributed by atoms with van der Waals surface area (Å²) in [5, 5.41) is 21.8. The maximum Gasteiger partial charge on any atom is 0.407 e. The molecule has 100 valence electrons. The molecule has 0 saturated carbocycles. The van der Waals surface area contributed by atoms with Crippen LogP contribution in [-0.2, 0) is 4.74 Å². The zero-order valence-electron chi connectivity index (χ0n) is 10.8. The fraction of sp³-hybridized carbons (Fsp3) is 0.462. The Morgan fingerprint density at radius 2 is 2.00 bits per heavy atom. The number of carbonyl (C=O) groups excluding carboxylic acids is 1. The van der Waals surface area contributed by atoms with Gasteiger partial charge in [0.25, 0.3) is 0 Å². The molecule has 0 spiro atoms. The standard InChI is InChI=1S/C13H19NO4/c1-13(2,3)18-12(17)14-8-11(16)9-6-4-5-7-10(9)15/h4-7,11,15-16H,8H2,1-3H3,(H,14,17). The minimum Gasteiger partial charge on any atom is -0.508 e. The van der Waals surface area contributed by atoms with Gasteiger partial charge in [0.15, 0.2) is 0 Å². The van der Waals surface area contributed by atoms with Crippen molar-refractivity contribution in [3.05, 3.63) is 29.8 Å². The molecule has 5 nitrogen and oxygen atoms in total. The molecule has 0 aromatic heterocycles. The first-order chi connectivity index (χ1) is 8.29. The summed E-state index contributed by atoms with van der Waals surface area (Å²) in [6.07, 6.45) is -1.57. The summed E-state index contributed by atoms with van der Waals surface area (Å²) >= 11 is 0. The molecule has 0 saturated heterocycles. The van der Waals surface area contributed by atoms with Crippen molar-refractivity contribution in [1.82, 2.24) is 5.32 Å². The van der Waals surface area contributed by atoms with Crippen molar-refractivity contribution in [3.8, 4) is 5.75 Å². The van der Waals surface area contributed by atoms with E-state index in [2.05, 4.69) is 5.32 Å². The van der Waals surface area contributed by atoms with Crippen LogP contribution >= 0.6 is 0 Å². The van der Waals surface area contributed by atoms with Crippen molar-refractivity contribution < 1.29 is 19.7 Å². The summed E-state index contributed by atoms with van der Waals surface area (Å²) < 4.78 is 5.03. The Labute approximate surface area is 106 Å². The second kappa shape index (κ2) is 5.73. The molecular formula is C13H19NO4. The molecule has 0 aliphatic carbocycles. The highest BCUT2D eigenvalue weighted by atomic mass is 16.6. The Morgan fingerprint density at radius 3 is 2.56 bits per heavy atom. The number of carbonyl (C=O) groups is 1. The number of para-hydroxylation sites is 1. The minimum atomic E-state index is -0.973. The summed E-state index contributed by atoms with van der Waals surface area (Å²) in [4.78, 5) is 11.4. The molecule has 1 aromatic rings. The van der Waals surface area contributed by atoms with Crippen LogP contribution in [0.2, 0.25) is 0 Å². The van der Waals surface area contributed by atoms with E-state index < -0.39 is 17.8 Å². The van der Waals surface area contributed by atoms with Gasteiger partial charge in [0.1, 0.15) is 11.4 Å². The molecule has 0 bridgehead atoms. The number of hydrogen-bond donors (Lipinski definition) is 3. The molecule has 1 rings (SSSR count). The average molecular weight is 253 g/mol. The predicted molar refractivity (Wildman–Crippen MR) is 67.3 cm³/mol. The molecule has 5 heteroatoms. The van der Waals surface area contributed by atoms with Crippen molar-refractivity contribution in [3.63, 3.8) is 0 Å². The Balaban J connectivity index is 2.49. The summed E-state index contributed by atoms with van der Waals surface area (Å²) in [6, 6.07) is 6.43.